The Balaban J connectivity index is 2.26. The van der Waals surface area contributed by atoms with Gasteiger partial charge in [0, 0.05) is 18.6 Å². The third-order valence-electron chi connectivity index (χ3n) is 2.05. The molecule has 1 unspecified atom stereocenters. The van der Waals surface area contributed by atoms with Crippen molar-refractivity contribution in [3.8, 4) is 0 Å². The minimum Gasteiger partial charge on any atom is -0.272 e. The van der Waals surface area contributed by atoms with Crippen molar-refractivity contribution in [1.82, 2.24) is 9.78 Å². The predicted molar refractivity (Wildman–Crippen MR) is 59.0 cm³/mol. The standard InChI is InChI=1S/C9H14BrClN2/c1-8(2-4-11)3-5-13-7-9(10)6-12-13/h6-8H,2-5H2,1H3. The first-order chi connectivity index (χ1) is 6.22. The molecule has 1 aromatic rings. The second-order valence-electron chi connectivity index (χ2n) is 3.29. The van der Waals surface area contributed by atoms with E-state index < -0.39 is 0 Å². The minimum absolute atomic E-state index is 0.681. The summed E-state index contributed by atoms with van der Waals surface area (Å²) in [5.41, 5.74) is 0. The van der Waals surface area contributed by atoms with Crippen molar-refractivity contribution in [1.29, 1.82) is 0 Å². The van der Waals surface area contributed by atoms with Crippen LogP contribution in [-0.4, -0.2) is 15.7 Å². The van der Waals surface area contributed by atoms with Gasteiger partial charge in [0.25, 0.3) is 0 Å². The molecule has 0 bridgehead atoms. The fourth-order valence-corrected chi connectivity index (χ4v) is 1.84. The smallest absolute Gasteiger partial charge is 0.0632 e. The van der Waals surface area contributed by atoms with Crippen molar-refractivity contribution >= 4 is 27.5 Å². The van der Waals surface area contributed by atoms with E-state index in [1.54, 1.807) is 0 Å². The first-order valence-electron chi connectivity index (χ1n) is 4.46. The summed E-state index contributed by atoms with van der Waals surface area (Å²) in [5.74, 6) is 1.43. The van der Waals surface area contributed by atoms with Crippen molar-refractivity contribution in [3.63, 3.8) is 0 Å². The number of hydrogen-bond donors (Lipinski definition) is 0. The lowest BCUT2D eigenvalue weighted by Crippen LogP contribution is -2.04. The molecule has 1 rings (SSSR count). The largest absolute Gasteiger partial charge is 0.272 e. The number of aromatic nitrogens is 2. The van der Waals surface area contributed by atoms with E-state index in [4.69, 9.17) is 11.6 Å². The molecule has 0 saturated heterocycles. The molecule has 0 amide bonds. The highest BCUT2D eigenvalue weighted by Gasteiger charge is 2.02. The molecule has 0 spiro atoms. The van der Waals surface area contributed by atoms with E-state index in [2.05, 4.69) is 28.0 Å². The van der Waals surface area contributed by atoms with Gasteiger partial charge < -0.3 is 0 Å². The third-order valence-corrected chi connectivity index (χ3v) is 2.68. The molecule has 13 heavy (non-hydrogen) atoms. The summed E-state index contributed by atoms with van der Waals surface area (Å²) in [4.78, 5) is 0. The lowest BCUT2D eigenvalue weighted by molar-refractivity contribution is 0.450. The number of rotatable bonds is 5. The number of nitrogens with zero attached hydrogens (tertiary/aromatic N) is 2. The van der Waals surface area contributed by atoms with Crippen molar-refractivity contribution in [2.75, 3.05) is 5.88 Å². The van der Waals surface area contributed by atoms with E-state index in [-0.39, 0.29) is 0 Å². The van der Waals surface area contributed by atoms with Gasteiger partial charge in [-0.1, -0.05) is 6.92 Å². The molecular formula is C9H14BrClN2. The fraction of sp³-hybridized carbons (Fsp3) is 0.667. The molecule has 1 atom stereocenters. The van der Waals surface area contributed by atoms with Crippen LogP contribution < -0.4 is 0 Å². The summed E-state index contributed by atoms with van der Waals surface area (Å²) >= 11 is 9.02. The average molecular weight is 266 g/mol. The Morgan fingerprint density at radius 2 is 2.38 bits per heavy atom. The quantitative estimate of drug-likeness (QED) is 0.747. The van der Waals surface area contributed by atoms with E-state index in [1.807, 2.05) is 17.1 Å². The Kier molecular flexibility index (Phi) is 4.81. The number of aryl methyl sites for hydroxylation is 1. The Bertz CT molecular complexity index is 250. The molecule has 2 nitrogen and oxygen atoms in total. The van der Waals surface area contributed by atoms with Gasteiger partial charge in [-0.15, -0.1) is 11.6 Å². The van der Waals surface area contributed by atoms with Gasteiger partial charge in [0.2, 0.25) is 0 Å². The van der Waals surface area contributed by atoms with Gasteiger partial charge in [0.15, 0.2) is 0 Å². The monoisotopic (exact) mass is 264 g/mol. The van der Waals surface area contributed by atoms with Crippen LogP contribution in [0.1, 0.15) is 19.8 Å². The maximum Gasteiger partial charge on any atom is 0.0632 e. The van der Waals surface area contributed by atoms with Gasteiger partial charge >= 0.3 is 0 Å². The predicted octanol–water partition coefficient (Wildman–Crippen LogP) is 3.30. The van der Waals surface area contributed by atoms with Gasteiger partial charge in [0.05, 0.1) is 10.7 Å². The van der Waals surface area contributed by atoms with Gasteiger partial charge in [-0.2, -0.15) is 5.10 Å². The highest BCUT2D eigenvalue weighted by Crippen LogP contribution is 2.11. The van der Waals surface area contributed by atoms with Crippen LogP contribution >= 0.6 is 27.5 Å². The van der Waals surface area contributed by atoms with Crippen LogP contribution in [0.5, 0.6) is 0 Å². The van der Waals surface area contributed by atoms with E-state index in [1.165, 1.54) is 0 Å². The van der Waals surface area contributed by atoms with Crippen molar-refractivity contribution in [2.45, 2.75) is 26.3 Å². The summed E-state index contributed by atoms with van der Waals surface area (Å²) in [7, 11) is 0. The van der Waals surface area contributed by atoms with Gasteiger partial charge in [-0.25, -0.2) is 0 Å². The van der Waals surface area contributed by atoms with E-state index in [0.717, 1.165) is 29.7 Å². The first kappa shape index (κ1) is 11.1. The molecule has 0 N–H and O–H groups in total. The van der Waals surface area contributed by atoms with Crippen LogP contribution in [0.2, 0.25) is 0 Å². The minimum atomic E-state index is 0.681. The van der Waals surface area contributed by atoms with Crippen molar-refractivity contribution in [2.24, 2.45) is 5.92 Å². The highest BCUT2D eigenvalue weighted by molar-refractivity contribution is 9.10. The summed E-state index contributed by atoms with van der Waals surface area (Å²) < 4.78 is 2.99. The van der Waals surface area contributed by atoms with Gasteiger partial charge in [0.1, 0.15) is 0 Å². The molecule has 0 radical (unpaired) electrons. The molecule has 4 heteroatoms. The molecule has 74 valence electrons. The summed E-state index contributed by atoms with van der Waals surface area (Å²) in [5, 5.41) is 4.18. The van der Waals surface area contributed by atoms with Crippen LogP contribution in [0.25, 0.3) is 0 Å². The maximum atomic E-state index is 5.65. The Morgan fingerprint density at radius 1 is 1.62 bits per heavy atom. The molecule has 0 aliphatic carbocycles. The van der Waals surface area contributed by atoms with E-state index >= 15 is 0 Å². The lowest BCUT2D eigenvalue weighted by Gasteiger charge is -2.08. The average Bonchev–Trinajstić information content (AvgIpc) is 2.49. The van der Waals surface area contributed by atoms with Crippen LogP contribution in [0.15, 0.2) is 16.9 Å². The maximum absolute atomic E-state index is 5.65. The SMILES string of the molecule is CC(CCCl)CCn1cc(Br)cn1. The highest BCUT2D eigenvalue weighted by atomic mass is 79.9. The second-order valence-corrected chi connectivity index (χ2v) is 4.59. The van der Waals surface area contributed by atoms with Gasteiger partial charge in [-0.05, 0) is 34.7 Å². The number of alkyl halides is 1. The Morgan fingerprint density at radius 3 is 2.92 bits per heavy atom. The fourth-order valence-electron chi connectivity index (χ4n) is 1.14. The lowest BCUT2D eigenvalue weighted by atomic mass is 10.1. The normalized spacial score (nSPS) is 13.2. The van der Waals surface area contributed by atoms with Crippen LogP contribution in [-0.2, 0) is 6.54 Å². The zero-order valence-corrected chi connectivity index (χ0v) is 10.1. The number of hydrogen-bond acceptors (Lipinski definition) is 1. The number of halogens is 2. The Labute approximate surface area is 92.4 Å². The summed E-state index contributed by atoms with van der Waals surface area (Å²) in [6.07, 6.45) is 6.03. The molecule has 0 aromatic carbocycles. The molecule has 0 saturated carbocycles. The molecule has 1 heterocycles. The molecule has 0 aliphatic rings. The first-order valence-corrected chi connectivity index (χ1v) is 5.79. The molecular weight excluding hydrogens is 251 g/mol. The third kappa shape index (κ3) is 4.14. The second kappa shape index (κ2) is 5.66. The zero-order valence-electron chi connectivity index (χ0n) is 7.71. The van der Waals surface area contributed by atoms with Crippen molar-refractivity contribution < 1.29 is 0 Å². The molecule has 0 aliphatic heterocycles. The van der Waals surface area contributed by atoms with Gasteiger partial charge in [-0.3, -0.25) is 4.68 Å². The zero-order chi connectivity index (χ0) is 9.68. The Hall–Kier alpha value is -0.0200. The van der Waals surface area contributed by atoms with Crippen LogP contribution in [0.4, 0.5) is 0 Å². The van der Waals surface area contributed by atoms with E-state index in [9.17, 15) is 0 Å². The molecule has 1 aromatic heterocycles. The molecule has 0 fully saturated rings. The van der Waals surface area contributed by atoms with Crippen LogP contribution in [0.3, 0.4) is 0 Å². The van der Waals surface area contributed by atoms with E-state index in [0.29, 0.717) is 5.92 Å². The summed E-state index contributed by atoms with van der Waals surface area (Å²) in [6, 6.07) is 0. The summed E-state index contributed by atoms with van der Waals surface area (Å²) in [6.45, 7) is 3.20. The van der Waals surface area contributed by atoms with Crippen molar-refractivity contribution in [3.05, 3.63) is 16.9 Å². The van der Waals surface area contributed by atoms with Crippen LogP contribution in [0, 0.1) is 5.92 Å². The topological polar surface area (TPSA) is 17.8 Å².